The topological polar surface area (TPSA) is 35.2 Å². The van der Waals surface area contributed by atoms with Crippen LogP contribution in [-0.2, 0) is 13.2 Å². The van der Waals surface area contributed by atoms with Gasteiger partial charge in [-0.25, -0.2) is 4.39 Å². The maximum atomic E-state index is 13.3. The van der Waals surface area contributed by atoms with Gasteiger partial charge in [-0.15, -0.1) is 0 Å². The number of hydrogen-bond donors (Lipinski definition) is 1. The van der Waals surface area contributed by atoms with Gasteiger partial charge in [0.1, 0.15) is 18.2 Å². The first-order valence-corrected chi connectivity index (χ1v) is 6.83. The molecule has 0 saturated carbocycles. The first-order chi connectivity index (χ1) is 9.11. The average molecular weight is 345 g/mol. The van der Waals surface area contributed by atoms with Gasteiger partial charge in [0, 0.05) is 22.1 Å². The van der Waals surface area contributed by atoms with Crippen LogP contribution in [0.5, 0.6) is 5.75 Å². The standard InChI is InChI=1S/C14H12BrClFNO/c15-11-4-5-13(10(6-11)7-18)19-8-9-2-1-3-12(17)14(9)16/h1-6H,7-8,18H2. The van der Waals surface area contributed by atoms with Crippen molar-refractivity contribution in [3.8, 4) is 5.75 Å². The Balaban J connectivity index is 2.17. The summed E-state index contributed by atoms with van der Waals surface area (Å²) in [5.74, 6) is 0.226. The molecule has 0 saturated heterocycles. The fourth-order valence-electron chi connectivity index (χ4n) is 1.66. The van der Waals surface area contributed by atoms with Crippen LogP contribution in [0.1, 0.15) is 11.1 Å². The van der Waals surface area contributed by atoms with Crippen LogP contribution in [0.25, 0.3) is 0 Å². The van der Waals surface area contributed by atoms with E-state index in [1.807, 2.05) is 18.2 Å². The zero-order valence-corrected chi connectivity index (χ0v) is 12.3. The maximum absolute atomic E-state index is 13.3. The van der Waals surface area contributed by atoms with Crippen molar-refractivity contribution in [2.45, 2.75) is 13.2 Å². The first kappa shape index (κ1) is 14.3. The molecule has 19 heavy (non-hydrogen) atoms. The molecule has 0 aromatic heterocycles. The van der Waals surface area contributed by atoms with Gasteiger partial charge in [-0.3, -0.25) is 0 Å². The van der Waals surface area contributed by atoms with Crippen LogP contribution in [0.15, 0.2) is 40.9 Å². The van der Waals surface area contributed by atoms with Crippen molar-refractivity contribution in [2.24, 2.45) is 5.73 Å². The van der Waals surface area contributed by atoms with E-state index in [-0.39, 0.29) is 11.6 Å². The molecule has 5 heteroatoms. The molecule has 0 aliphatic rings. The molecular weight excluding hydrogens is 333 g/mol. The van der Waals surface area contributed by atoms with Crippen LogP contribution in [-0.4, -0.2) is 0 Å². The third-order valence-corrected chi connectivity index (χ3v) is 3.57. The Bertz CT molecular complexity index is 592. The number of rotatable bonds is 4. The number of ether oxygens (including phenoxy) is 1. The van der Waals surface area contributed by atoms with Crippen LogP contribution in [0.3, 0.4) is 0 Å². The normalized spacial score (nSPS) is 10.5. The second-order valence-corrected chi connectivity index (χ2v) is 5.25. The van der Waals surface area contributed by atoms with Crippen molar-refractivity contribution in [1.29, 1.82) is 0 Å². The Morgan fingerprint density at radius 3 is 2.74 bits per heavy atom. The second-order valence-electron chi connectivity index (χ2n) is 3.96. The first-order valence-electron chi connectivity index (χ1n) is 5.66. The van der Waals surface area contributed by atoms with E-state index in [9.17, 15) is 4.39 Å². The average Bonchev–Trinajstić information content (AvgIpc) is 2.41. The Labute approximate surface area is 124 Å². The quantitative estimate of drug-likeness (QED) is 0.898. The summed E-state index contributed by atoms with van der Waals surface area (Å²) in [7, 11) is 0. The highest BCUT2D eigenvalue weighted by Gasteiger charge is 2.08. The van der Waals surface area contributed by atoms with Crippen LogP contribution in [0.2, 0.25) is 5.02 Å². The number of hydrogen-bond acceptors (Lipinski definition) is 2. The van der Waals surface area contributed by atoms with E-state index in [0.29, 0.717) is 17.9 Å². The van der Waals surface area contributed by atoms with Gasteiger partial charge in [0.2, 0.25) is 0 Å². The molecule has 0 unspecified atom stereocenters. The lowest BCUT2D eigenvalue weighted by Crippen LogP contribution is -2.03. The summed E-state index contributed by atoms with van der Waals surface area (Å²) in [6, 6.07) is 10.2. The third kappa shape index (κ3) is 3.47. The predicted molar refractivity (Wildman–Crippen MR) is 77.8 cm³/mol. The van der Waals surface area contributed by atoms with E-state index >= 15 is 0 Å². The van der Waals surface area contributed by atoms with E-state index in [4.69, 9.17) is 22.1 Å². The predicted octanol–water partition coefficient (Wildman–Crippen LogP) is 4.28. The van der Waals surface area contributed by atoms with Gasteiger partial charge in [-0.1, -0.05) is 39.7 Å². The van der Waals surface area contributed by atoms with Crippen LogP contribution < -0.4 is 10.5 Å². The van der Waals surface area contributed by atoms with E-state index in [0.717, 1.165) is 10.0 Å². The van der Waals surface area contributed by atoms with E-state index in [1.54, 1.807) is 12.1 Å². The van der Waals surface area contributed by atoms with Crippen molar-refractivity contribution in [2.75, 3.05) is 0 Å². The summed E-state index contributed by atoms with van der Waals surface area (Å²) in [6.45, 7) is 0.566. The molecule has 2 aromatic carbocycles. The van der Waals surface area contributed by atoms with Crippen molar-refractivity contribution >= 4 is 27.5 Å². The molecule has 0 aliphatic heterocycles. The molecule has 100 valence electrons. The molecule has 0 spiro atoms. The van der Waals surface area contributed by atoms with E-state index in [2.05, 4.69) is 15.9 Å². The molecule has 2 aromatic rings. The van der Waals surface area contributed by atoms with Crippen LogP contribution in [0, 0.1) is 5.82 Å². The molecule has 0 fully saturated rings. The number of halogens is 3. The maximum Gasteiger partial charge on any atom is 0.142 e. The van der Waals surface area contributed by atoms with Gasteiger partial charge in [-0.2, -0.15) is 0 Å². The van der Waals surface area contributed by atoms with Gasteiger partial charge in [0.05, 0.1) is 5.02 Å². The summed E-state index contributed by atoms with van der Waals surface area (Å²) in [4.78, 5) is 0. The smallest absolute Gasteiger partial charge is 0.142 e. The lowest BCUT2D eigenvalue weighted by atomic mass is 10.2. The Morgan fingerprint density at radius 2 is 2.00 bits per heavy atom. The minimum atomic E-state index is -0.447. The lowest BCUT2D eigenvalue weighted by Gasteiger charge is -2.12. The SMILES string of the molecule is NCc1cc(Br)ccc1OCc1cccc(F)c1Cl. The Morgan fingerprint density at radius 1 is 1.21 bits per heavy atom. The number of benzene rings is 2. The van der Waals surface area contributed by atoms with Gasteiger partial charge in [-0.05, 0) is 24.3 Å². The van der Waals surface area contributed by atoms with Crippen molar-refractivity contribution in [3.63, 3.8) is 0 Å². The summed E-state index contributed by atoms with van der Waals surface area (Å²) in [5.41, 5.74) is 7.14. The van der Waals surface area contributed by atoms with Crippen molar-refractivity contribution in [3.05, 3.63) is 62.8 Å². The third-order valence-electron chi connectivity index (χ3n) is 2.66. The molecule has 2 rings (SSSR count). The number of nitrogens with two attached hydrogens (primary N) is 1. The Hall–Kier alpha value is -1.10. The zero-order chi connectivity index (χ0) is 13.8. The molecule has 0 radical (unpaired) electrons. The molecule has 2 nitrogen and oxygen atoms in total. The highest BCUT2D eigenvalue weighted by Crippen LogP contribution is 2.25. The van der Waals surface area contributed by atoms with Crippen LogP contribution in [0.4, 0.5) is 4.39 Å². The highest BCUT2D eigenvalue weighted by molar-refractivity contribution is 9.10. The fourth-order valence-corrected chi connectivity index (χ4v) is 2.25. The van der Waals surface area contributed by atoms with Gasteiger partial charge in [0.15, 0.2) is 0 Å². The lowest BCUT2D eigenvalue weighted by molar-refractivity contribution is 0.302. The Kier molecular flexibility index (Phi) is 4.80. The summed E-state index contributed by atoms with van der Waals surface area (Å²) in [6.07, 6.45) is 0. The van der Waals surface area contributed by atoms with Gasteiger partial charge in [0.25, 0.3) is 0 Å². The molecule has 0 amide bonds. The molecule has 2 N–H and O–H groups in total. The highest BCUT2D eigenvalue weighted by atomic mass is 79.9. The summed E-state index contributed by atoms with van der Waals surface area (Å²) < 4.78 is 19.9. The summed E-state index contributed by atoms with van der Waals surface area (Å²) in [5, 5.41) is 0.0916. The summed E-state index contributed by atoms with van der Waals surface area (Å²) >= 11 is 9.24. The molecule has 0 heterocycles. The minimum Gasteiger partial charge on any atom is -0.489 e. The monoisotopic (exact) mass is 343 g/mol. The van der Waals surface area contributed by atoms with Crippen molar-refractivity contribution in [1.82, 2.24) is 0 Å². The molecule has 0 atom stereocenters. The second kappa shape index (κ2) is 6.37. The molecule has 0 bridgehead atoms. The zero-order valence-electron chi connectivity index (χ0n) is 10.00. The van der Waals surface area contributed by atoms with Crippen LogP contribution >= 0.6 is 27.5 Å². The van der Waals surface area contributed by atoms with Gasteiger partial charge >= 0.3 is 0 Å². The largest absolute Gasteiger partial charge is 0.489 e. The molecular formula is C14H12BrClFNO. The minimum absolute atomic E-state index is 0.0916. The fraction of sp³-hybridized carbons (Fsp3) is 0.143. The van der Waals surface area contributed by atoms with E-state index < -0.39 is 5.82 Å². The van der Waals surface area contributed by atoms with Crippen molar-refractivity contribution < 1.29 is 9.13 Å². The van der Waals surface area contributed by atoms with Gasteiger partial charge < -0.3 is 10.5 Å². The molecule has 0 aliphatic carbocycles. The van der Waals surface area contributed by atoms with E-state index in [1.165, 1.54) is 6.07 Å².